The van der Waals surface area contributed by atoms with Gasteiger partial charge in [0.2, 0.25) is 0 Å². The van der Waals surface area contributed by atoms with Crippen LogP contribution in [0.3, 0.4) is 0 Å². The average Bonchev–Trinajstić information content (AvgIpc) is 2.80. The molecule has 2 nitrogen and oxygen atoms in total. The zero-order valence-electron chi connectivity index (χ0n) is 15.7. The monoisotopic (exact) mass is 720 g/mol. The molecule has 0 aliphatic rings. The molecule has 0 N–H and O–H groups in total. The second kappa shape index (κ2) is 11.8. The van der Waals surface area contributed by atoms with E-state index in [0.29, 0.717) is 13.3 Å². The summed E-state index contributed by atoms with van der Waals surface area (Å²) in [4.78, 5) is 0. The van der Waals surface area contributed by atoms with Crippen molar-refractivity contribution in [2.75, 3.05) is 7.11 Å². The van der Waals surface area contributed by atoms with Crippen LogP contribution >= 0.6 is 37.2 Å². The SMILES string of the molecule is COc1ccc(-c2cc(-c3ccccc3)[o+]c(-c3ccccc3)c2)cc1.I[I-]I. The van der Waals surface area contributed by atoms with Crippen LogP contribution in [0.25, 0.3) is 33.8 Å². The molecule has 5 heteroatoms. The first-order valence-corrected chi connectivity index (χ1v) is 21.4. The number of methoxy groups -OCH3 is 1. The van der Waals surface area contributed by atoms with E-state index in [2.05, 4.69) is 85.8 Å². The van der Waals surface area contributed by atoms with Crippen molar-refractivity contribution in [1.82, 2.24) is 0 Å². The number of hydrogen-bond acceptors (Lipinski definition) is 1. The molecule has 0 atom stereocenters. The van der Waals surface area contributed by atoms with Gasteiger partial charge in [-0.3, -0.25) is 0 Å². The summed E-state index contributed by atoms with van der Waals surface area (Å²) in [7, 11) is 1.68. The molecule has 148 valence electrons. The van der Waals surface area contributed by atoms with Crippen molar-refractivity contribution in [2.24, 2.45) is 0 Å². The number of halogens is 3. The molecule has 4 rings (SSSR count). The van der Waals surface area contributed by atoms with E-state index in [1.807, 2.05) is 48.5 Å². The second-order valence-corrected chi connectivity index (χ2v) is 22.3. The molecule has 4 aromatic rings. The molecule has 3 aromatic carbocycles. The van der Waals surface area contributed by atoms with Gasteiger partial charge in [-0.2, -0.15) is 0 Å². The Balaban J connectivity index is 0.000000755. The van der Waals surface area contributed by atoms with Gasteiger partial charge in [0, 0.05) is 5.56 Å². The predicted molar refractivity (Wildman–Crippen MR) is 134 cm³/mol. The second-order valence-electron chi connectivity index (χ2n) is 6.09. The summed E-state index contributed by atoms with van der Waals surface area (Å²) in [6.07, 6.45) is 0. The summed E-state index contributed by atoms with van der Waals surface area (Å²) in [6.45, 7) is 0. The summed E-state index contributed by atoms with van der Waals surface area (Å²) < 4.78 is 11.5. The van der Waals surface area contributed by atoms with Crippen LogP contribution in [0.1, 0.15) is 0 Å². The van der Waals surface area contributed by atoms with Crippen LogP contribution in [0.5, 0.6) is 5.75 Å². The number of ether oxygens (including phenoxy) is 1. The first-order chi connectivity index (χ1) is 14.2. The fraction of sp³-hybridized carbons (Fsp3) is 0.0417. The Morgan fingerprint density at radius 2 is 1.07 bits per heavy atom. The van der Waals surface area contributed by atoms with Crippen molar-refractivity contribution in [3.63, 3.8) is 0 Å². The molecule has 0 aliphatic heterocycles. The molecule has 0 saturated carbocycles. The van der Waals surface area contributed by atoms with Crippen LogP contribution < -0.4 is 18.0 Å². The molecule has 1 aromatic heterocycles. The molecule has 0 aliphatic carbocycles. The molecular weight excluding hydrogens is 701 g/mol. The zero-order valence-corrected chi connectivity index (χ0v) is 22.2. The third kappa shape index (κ3) is 6.39. The summed E-state index contributed by atoms with van der Waals surface area (Å²) >= 11 is 5.30. The van der Waals surface area contributed by atoms with E-state index in [1.54, 1.807) is 7.11 Å². The van der Waals surface area contributed by atoms with Crippen LogP contribution in [0.15, 0.2) is 101 Å². The molecule has 29 heavy (non-hydrogen) atoms. The first-order valence-electron chi connectivity index (χ1n) is 8.85. The normalized spacial score (nSPS) is 10.2. The van der Waals surface area contributed by atoms with Crippen LogP contribution in [-0.4, -0.2) is 7.11 Å². The Bertz CT molecular complexity index is 963. The molecular formula is C24H19I3O2. The molecule has 0 unspecified atom stereocenters. The third-order valence-corrected chi connectivity index (χ3v) is 4.33. The summed E-state index contributed by atoms with van der Waals surface area (Å²) in [5.74, 6) is 2.54. The van der Waals surface area contributed by atoms with Gasteiger partial charge in [-0.1, -0.05) is 48.5 Å². The first kappa shape index (κ1) is 22.5. The van der Waals surface area contributed by atoms with Crippen molar-refractivity contribution in [1.29, 1.82) is 0 Å². The van der Waals surface area contributed by atoms with Gasteiger partial charge in [0.05, 0.1) is 30.4 Å². The van der Waals surface area contributed by atoms with Crippen molar-refractivity contribution in [2.45, 2.75) is 0 Å². The maximum absolute atomic E-state index is 6.23. The summed E-state index contributed by atoms with van der Waals surface area (Å²) in [5.41, 5.74) is 4.34. The Kier molecular flexibility index (Phi) is 9.19. The Morgan fingerprint density at radius 1 is 0.621 bits per heavy atom. The van der Waals surface area contributed by atoms with Crippen molar-refractivity contribution >= 4 is 37.2 Å². The fourth-order valence-corrected chi connectivity index (χ4v) is 2.94. The van der Waals surface area contributed by atoms with Crippen LogP contribution in [0.4, 0.5) is 0 Å². The number of benzene rings is 3. The van der Waals surface area contributed by atoms with Crippen LogP contribution in [-0.2, 0) is 0 Å². The van der Waals surface area contributed by atoms with E-state index in [0.717, 1.165) is 39.5 Å². The summed E-state index contributed by atoms with van der Waals surface area (Å²) in [5, 5.41) is 0. The van der Waals surface area contributed by atoms with Crippen LogP contribution in [0.2, 0.25) is 0 Å². The van der Waals surface area contributed by atoms with Gasteiger partial charge in [0.1, 0.15) is 5.75 Å². The van der Waals surface area contributed by atoms with E-state index in [-0.39, 0.29) is 0 Å². The minimum absolute atomic E-state index is 0.530. The standard InChI is InChI=1S/C24H19O2.I3/c1-25-22-14-12-18(13-15-22)21-16-23(19-8-4-2-5-9-19)26-24(17-21)20-10-6-3-7-11-20;1-3-2/h2-17H,1H3;/q+1;-1. The van der Waals surface area contributed by atoms with Gasteiger partial charge < -0.3 is 4.74 Å². The van der Waals surface area contributed by atoms with E-state index in [1.165, 1.54) is 0 Å². The molecule has 0 saturated heterocycles. The van der Waals surface area contributed by atoms with Crippen molar-refractivity contribution < 1.29 is 22.4 Å². The van der Waals surface area contributed by atoms with Gasteiger partial charge in [-0.05, 0) is 42.0 Å². The van der Waals surface area contributed by atoms with Gasteiger partial charge in [0.25, 0.3) is 0 Å². The topological polar surface area (TPSA) is 20.5 Å². The minimum atomic E-state index is 0.530. The Hall–Kier alpha value is -1.20. The molecule has 0 amide bonds. The Labute approximate surface area is 201 Å². The predicted octanol–water partition coefficient (Wildman–Crippen LogP) is 5.35. The van der Waals surface area contributed by atoms with E-state index in [4.69, 9.17) is 9.15 Å². The van der Waals surface area contributed by atoms with E-state index >= 15 is 0 Å². The molecule has 0 radical (unpaired) electrons. The van der Waals surface area contributed by atoms with Gasteiger partial charge in [-0.15, -0.1) is 0 Å². The number of rotatable bonds is 4. The molecule has 0 bridgehead atoms. The van der Waals surface area contributed by atoms with Crippen molar-refractivity contribution in [3.8, 4) is 39.5 Å². The maximum atomic E-state index is 6.23. The zero-order chi connectivity index (χ0) is 20.5. The third-order valence-electron chi connectivity index (χ3n) is 4.33. The van der Waals surface area contributed by atoms with Crippen molar-refractivity contribution in [3.05, 3.63) is 97.1 Å². The van der Waals surface area contributed by atoms with Gasteiger partial charge in [-0.25, -0.2) is 4.42 Å². The average molecular weight is 720 g/mol. The molecule has 0 fully saturated rings. The van der Waals surface area contributed by atoms with E-state index in [9.17, 15) is 0 Å². The van der Waals surface area contributed by atoms with Gasteiger partial charge >= 0.3 is 62.0 Å². The molecule has 1 heterocycles. The summed E-state index contributed by atoms with van der Waals surface area (Å²) in [6, 6.07) is 32.6. The number of hydrogen-bond donors (Lipinski definition) is 0. The van der Waals surface area contributed by atoms with Gasteiger partial charge in [0.15, 0.2) is 0 Å². The molecule has 0 spiro atoms. The quantitative estimate of drug-likeness (QED) is 0.210. The Morgan fingerprint density at radius 3 is 1.48 bits per heavy atom. The van der Waals surface area contributed by atoms with Crippen LogP contribution in [0, 0.1) is 0 Å². The fourth-order valence-electron chi connectivity index (χ4n) is 2.94. The van der Waals surface area contributed by atoms with E-state index < -0.39 is 0 Å².